The molecule has 1 fully saturated rings. The second kappa shape index (κ2) is 4.67. The molecular formula is C11H13BrN2OS. The molecule has 2 N–H and O–H groups in total. The molecule has 0 aliphatic carbocycles. The van der Waals surface area contributed by atoms with E-state index in [1.54, 1.807) is 11.0 Å². The van der Waals surface area contributed by atoms with Gasteiger partial charge in [-0.1, -0.05) is 15.9 Å². The molecule has 5 heteroatoms. The minimum absolute atomic E-state index is 0.129. The molecule has 1 aromatic rings. The number of anilines is 2. The van der Waals surface area contributed by atoms with Gasteiger partial charge in [-0.3, -0.25) is 4.79 Å². The molecule has 16 heavy (non-hydrogen) atoms. The Labute approximate surface area is 109 Å². The molecule has 0 saturated carbocycles. The third-order valence-electron chi connectivity index (χ3n) is 2.75. The van der Waals surface area contributed by atoms with Crippen molar-refractivity contribution in [2.45, 2.75) is 6.42 Å². The second-order valence-electron chi connectivity index (χ2n) is 3.96. The van der Waals surface area contributed by atoms with Gasteiger partial charge in [0.1, 0.15) is 0 Å². The molecule has 86 valence electrons. The summed E-state index contributed by atoms with van der Waals surface area (Å²) in [6.45, 7) is 0.711. The number of carbonyl (C=O) groups is 1. The summed E-state index contributed by atoms with van der Waals surface area (Å²) in [6.07, 6.45) is 0.565. The Hall–Kier alpha value is -0.680. The Bertz CT molecular complexity index is 424. The van der Waals surface area contributed by atoms with Crippen LogP contribution in [0, 0.1) is 5.92 Å². The SMILES string of the molecule is Nc1ccc(Br)cc1N1CC(CS)CC1=O. The Kier molecular flexibility index (Phi) is 3.44. The van der Waals surface area contributed by atoms with Gasteiger partial charge in [0.25, 0.3) is 0 Å². The predicted molar refractivity (Wildman–Crippen MR) is 72.9 cm³/mol. The van der Waals surface area contributed by atoms with E-state index in [1.807, 2.05) is 12.1 Å². The van der Waals surface area contributed by atoms with E-state index >= 15 is 0 Å². The van der Waals surface area contributed by atoms with E-state index in [1.165, 1.54) is 0 Å². The van der Waals surface area contributed by atoms with Crippen LogP contribution < -0.4 is 10.6 Å². The average molecular weight is 301 g/mol. The number of halogens is 1. The Balaban J connectivity index is 2.30. The van der Waals surface area contributed by atoms with Crippen molar-refractivity contribution in [1.82, 2.24) is 0 Å². The largest absolute Gasteiger partial charge is 0.397 e. The molecular weight excluding hydrogens is 288 g/mol. The van der Waals surface area contributed by atoms with Crippen LogP contribution in [0.3, 0.4) is 0 Å². The third-order valence-corrected chi connectivity index (χ3v) is 3.76. The fraction of sp³-hybridized carbons (Fsp3) is 0.364. The van der Waals surface area contributed by atoms with E-state index in [9.17, 15) is 4.79 Å². The van der Waals surface area contributed by atoms with Gasteiger partial charge in [-0.15, -0.1) is 0 Å². The molecule has 0 aromatic heterocycles. The van der Waals surface area contributed by atoms with E-state index in [2.05, 4.69) is 28.6 Å². The molecule has 1 aliphatic heterocycles. The van der Waals surface area contributed by atoms with E-state index in [0.29, 0.717) is 24.6 Å². The number of nitrogens with two attached hydrogens (primary N) is 1. The third kappa shape index (κ3) is 2.20. The zero-order valence-electron chi connectivity index (χ0n) is 8.69. The van der Waals surface area contributed by atoms with Crippen molar-refractivity contribution >= 4 is 45.8 Å². The molecule has 0 spiro atoms. The second-order valence-corrected chi connectivity index (χ2v) is 5.24. The summed E-state index contributed by atoms with van der Waals surface area (Å²) in [4.78, 5) is 13.6. The van der Waals surface area contributed by atoms with Crippen molar-refractivity contribution in [3.8, 4) is 0 Å². The van der Waals surface area contributed by atoms with Crippen LogP contribution in [0.25, 0.3) is 0 Å². The van der Waals surface area contributed by atoms with Crippen LogP contribution >= 0.6 is 28.6 Å². The monoisotopic (exact) mass is 300 g/mol. The fourth-order valence-corrected chi connectivity index (χ4v) is 2.48. The number of carbonyl (C=O) groups excluding carboxylic acids is 1. The minimum atomic E-state index is 0.129. The number of hydrogen-bond acceptors (Lipinski definition) is 3. The van der Waals surface area contributed by atoms with Gasteiger partial charge in [-0.25, -0.2) is 0 Å². The Morgan fingerprint density at radius 2 is 2.31 bits per heavy atom. The Morgan fingerprint density at radius 1 is 1.56 bits per heavy atom. The van der Waals surface area contributed by atoms with Crippen molar-refractivity contribution in [1.29, 1.82) is 0 Å². The van der Waals surface area contributed by atoms with E-state index in [4.69, 9.17) is 5.73 Å². The molecule has 1 heterocycles. The maximum atomic E-state index is 11.8. The van der Waals surface area contributed by atoms with Crippen LogP contribution in [0.1, 0.15) is 6.42 Å². The van der Waals surface area contributed by atoms with Crippen molar-refractivity contribution in [3.05, 3.63) is 22.7 Å². The number of nitrogen functional groups attached to an aromatic ring is 1. The van der Waals surface area contributed by atoms with Gasteiger partial charge >= 0.3 is 0 Å². The number of rotatable bonds is 2. The first kappa shape index (κ1) is 11.8. The van der Waals surface area contributed by atoms with Crippen LogP contribution in [-0.4, -0.2) is 18.2 Å². The number of thiol groups is 1. The highest BCUT2D eigenvalue weighted by Gasteiger charge is 2.30. The van der Waals surface area contributed by atoms with Gasteiger partial charge in [0.05, 0.1) is 11.4 Å². The lowest BCUT2D eigenvalue weighted by Gasteiger charge is -2.18. The topological polar surface area (TPSA) is 46.3 Å². The standard InChI is InChI=1S/C11H13BrN2OS/c12-8-1-2-9(13)10(4-8)14-5-7(6-16)3-11(14)15/h1-2,4,7,16H,3,5-6,13H2. The zero-order chi connectivity index (χ0) is 11.7. The van der Waals surface area contributed by atoms with Crippen molar-refractivity contribution in [2.75, 3.05) is 22.9 Å². The predicted octanol–water partition coefficient (Wildman–Crippen LogP) is 2.31. The molecule has 1 amide bonds. The van der Waals surface area contributed by atoms with Crippen LogP contribution in [0.2, 0.25) is 0 Å². The zero-order valence-corrected chi connectivity index (χ0v) is 11.2. The average Bonchev–Trinajstić information content (AvgIpc) is 2.63. The lowest BCUT2D eigenvalue weighted by atomic mass is 10.1. The summed E-state index contributed by atoms with van der Waals surface area (Å²) >= 11 is 7.62. The van der Waals surface area contributed by atoms with Crippen LogP contribution in [0.5, 0.6) is 0 Å². The summed E-state index contributed by atoms with van der Waals surface area (Å²) in [5, 5.41) is 0. The number of benzene rings is 1. The van der Waals surface area contributed by atoms with Gasteiger partial charge in [0.2, 0.25) is 5.91 Å². The highest BCUT2D eigenvalue weighted by Crippen LogP contribution is 2.32. The highest BCUT2D eigenvalue weighted by molar-refractivity contribution is 9.10. The van der Waals surface area contributed by atoms with Gasteiger partial charge in [-0.2, -0.15) is 12.6 Å². The normalized spacial score (nSPS) is 20.5. The summed E-state index contributed by atoms with van der Waals surface area (Å²) in [7, 11) is 0. The van der Waals surface area contributed by atoms with Crippen LogP contribution in [-0.2, 0) is 4.79 Å². The summed E-state index contributed by atoms with van der Waals surface area (Å²) in [5.41, 5.74) is 7.32. The number of hydrogen-bond donors (Lipinski definition) is 2. The highest BCUT2D eigenvalue weighted by atomic mass is 79.9. The van der Waals surface area contributed by atoms with E-state index < -0.39 is 0 Å². The first-order valence-corrected chi connectivity index (χ1v) is 6.50. The maximum absolute atomic E-state index is 11.8. The molecule has 1 aromatic carbocycles. The minimum Gasteiger partial charge on any atom is -0.397 e. The molecule has 2 rings (SSSR count). The summed E-state index contributed by atoms with van der Waals surface area (Å²) < 4.78 is 0.929. The van der Waals surface area contributed by atoms with Crippen molar-refractivity contribution < 1.29 is 4.79 Å². The van der Waals surface area contributed by atoms with Crippen LogP contribution in [0.15, 0.2) is 22.7 Å². The Morgan fingerprint density at radius 3 is 2.94 bits per heavy atom. The molecule has 0 bridgehead atoms. The van der Waals surface area contributed by atoms with E-state index in [-0.39, 0.29) is 5.91 Å². The van der Waals surface area contributed by atoms with Crippen LogP contribution in [0.4, 0.5) is 11.4 Å². The van der Waals surface area contributed by atoms with Gasteiger partial charge in [0, 0.05) is 17.4 Å². The molecule has 1 unspecified atom stereocenters. The van der Waals surface area contributed by atoms with Gasteiger partial charge in [-0.05, 0) is 29.9 Å². The lowest BCUT2D eigenvalue weighted by molar-refractivity contribution is -0.117. The first-order valence-electron chi connectivity index (χ1n) is 5.08. The molecule has 1 atom stereocenters. The summed E-state index contributed by atoms with van der Waals surface area (Å²) in [5.74, 6) is 1.19. The lowest BCUT2D eigenvalue weighted by Crippen LogP contribution is -2.25. The van der Waals surface area contributed by atoms with Gasteiger partial charge < -0.3 is 10.6 Å². The first-order chi connectivity index (χ1) is 7.61. The van der Waals surface area contributed by atoms with Crippen molar-refractivity contribution in [3.63, 3.8) is 0 Å². The maximum Gasteiger partial charge on any atom is 0.227 e. The number of nitrogens with zero attached hydrogens (tertiary/aromatic N) is 1. The molecule has 1 aliphatic rings. The van der Waals surface area contributed by atoms with Crippen molar-refractivity contribution in [2.24, 2.45) is 5.92 Å². The molecule has 1 saturated heterocycles. The molecule has 3 nitrogen and oxygen atoms in total. The fourth-order valence-electron chi connectivity index (χ4n) is 1.89. The molecule has 0 radical (unpaired) electrons. The van der Waals surface area contributed by atoms with E-state index in [0.717, 1.165) is 15.9 Å². The van der Waals surface area contributed by atoms with Gasteiger partial charge in [0.15, 0.2) is 0 Å². The number of amides is 1. The quantitative estimate of drug-likeness (QED) is 0.650. The smallest absolute Gasteiger partial charge is 0.227 e. The summed E-state index contributed by atoms with van der Waals surface area (Å²) in [6, 6.07) is 5.56.